The summed E-state index contributed by atoms with van der Waals surface area (Å²) in [5.41, 5.74) is 2.23. The van der Waals surface area contributed by atoms with Crippen LogP contribution in [0.1, 0.15) is 32.1 Å². The third kappa shape index (κ3) is 5.14. The van der Waals surface area contributed by atoms with E-state index in [4.69, 9.17) is 9.47 Å². The molecule has 0 unspecified atom stereocenters. The molecule has 0 saturated carbocycles. The maximum atomic E-state index is 12.1. The molecule has 30 heavy (non-hydrogen) atoms. The first kappa shape index (κ1) is 21.7. The quantitative estimate of drug-likeness (QED) is 0.491. The number of thiazole rings is 2. The molecule has 3 aromatic rings. The summed E-state index contributed by atoms with van der Waals surface area (Å²) in [6.45, 7) is 4.35. The Morgan fingerprint density at radius 3 is 1.43 bits per heavy atom. The second kappa shape index (κ2) is 9.68. The summed E-state index contributed by atoms with van der Waals surface area (Å²) in [7, 11) is 0. The van der Waals surface area contributed by atoms with Crippen LogP contribution in [0.15, 0.2) is 44.6 Å². The molecule has 1 aromatic carbocycles. The van der Waals surface area contributed by atoms with Gasteiger partial charge in [0.15, 0.2) is 0 Å². The van der Waals surface area contributed by atoms with Gasteiger partial charge in [-0.1, -0.05) is 22.7 Å². The highest BCUT2D eigenvalue weighted by Gasteiger charge is 2.12. The Kier molecular flexibility index (Phi) is 7.01. The molecule has 0 aliphatic rings. The number of carbonyl (C=O) groups excluding carboxylic acids is 2. The minimum atomic E-state index is -0.539. The lowest BCUT2D eigenvalue weighted by Crippen LogP contribution is -2.20. The summed E-state index contributed by atoms with van der Waals surface area (Å²) in [6, 6.07) is 5.92. The molecule has 0 amide bonds. The Morgan fingerprint density at radius 2 is 1.13 bits per heavy atom. The van der Waals surface area contributed by atoms with Crippen LogP contribution < -0.4 is 9.75 Å². The van der Waals surface area contributed by atoms with Crippen LogP contribution in [0, 0.1) is 13.8 Å². The fourth-order valence-electron chi connectivity index (χ4n) is 2.72. The molecule has 0 fully saturated rings. The first-order valence-corrected chi connectivity index (χ1v) is 10.9. The van der Waals surface area contributed by atoms with Crippen molar-refractivity contribution in [2.45, 2.75) is 26.9 Å². The van der Waals surface area contributed by atoms with Crippen molar-refractivity contribution in [2.75, 3.05) is 13.2 Å². The molecular formula is C20H20N2O6S2. The second-order valence-electron chi connectivity index (χ2n) is 6.44. The summed E-state index contributed by atoms with van der Waals surface area (Å²) in [5.74, 6) is -1.08. The van der Waals surface area contributed by atoms with Crippen LogP contribution in [0.4, 0.5) is 0 Å². The fraction of sp³-hybridized carbons (Fsp3) is 0.300. The number of nitrogens with zero attached hydrogens (tertiary/aromatic N) is 2. The van der Waals surface area contributed by atoms with E-state index in [2.05, 4.69) is 0 Å². The Morgan fingerprint density at radius 1 is 0.767 bits per heavy atom. The Hall–Kier alpha value is -2.98. The lowest BCUT2D eigenvalue weighted by atomic mass is 10.1. The zero-order valence-corrected chi connectivity index (χ0v) is 18.1. The molecule has 0 atom stereocenters. The van der Waals surface area contributed by atoms with Crippen molar-refractivity contribution in [3.05, 3.63) is 76.9 Å². The number of carbonyl (C=O) groups is 2. The van der Waals surface area contributed by atoms with Crippen molar-refractivity contribution in [1.82, 2.24) is 9.13 Å². The Balaban J connectivity index is 1.48. The first-order chi connectivity index (χ1) is 14.4. The van der Waals surface area contributed by atoms with Gasteiger partial charge in [-0.2, -0.15) is 0 Å². The average molecular weight is 449 g/mol. The minimum Gasteiger partial charge on any atom is -0.460 e. The molecular weight excluding hydrogens is 428 g/mol. The molecule has 2 aromatic heterocycles. The van der Waals surface area contributed by atoms with Gasteiger partial charge in [0.25, 0.3) is 0 Å². The smallest absolute Gasteiger partial charge is 0.338 e. The summed E-state index contributed by atoms with van der Waals surface area (Å²) < 4.78 is 13.5. The molecule has 3 rings (SSSR count). The Labute approximate surface area is 179 Å². The highest BCUT2D eigenvalue weighted by molar-refractivity contribution is 7.07. The van der Waals surface area contributed by atoms with Gasteiger partial charge in [-0.25, -0.2) is 9.59 Å². The molecule has 8 nitrogen and oxygen atoms in total. The maximum Gasteiger partial charge on any atom is 0.338 e. The molecule has 0 aliphatic heterocycles. The van der Waals surface area contributed by atoms with Crippen LogP contribution in [0.25, 0.3) is 0 Å². The number of rotatable bonds is 8. The Bertz CT molecular complexity index is 1060. The zero-order chi connectivity index (χ0) is 21.7. The van der Waals surface area contributed by atoms with Crippen LogP contribution >= 0.6 is 22.7 Å². The summed E-state index contributed by atoms with van der Waals surface area (Å²) in [4.78, 5) is 47.4. The summed E-state index contributed by atoms with van der Waals surface area (Å²) >= 11 is 2.21. The molecule has 2 heterocycles. The molecule has 158 valence electrons. The van der Waals surface area contributed by atoms with E-state index in [0.29, 0.717) is 11.1 Å². The van der Waals surface area contributed by atoms with Gasteiger partial charge in [-0.05, 0) is 38.1 Å². The standard InChI is InChI=1S/C20H20N2O6S2/c1-13-11-29-19(25)21(13)7-9-27-17(23)15-3-5-16(6-4-15)18(24)28-10-8-22-14(2)12-30-20(22)26/h3-6,11-12H,7-10H2,1-2H3. The molecule has 0 N–H and O–H groups in total. The van der Waals surface area contributed by atoms with Crippen molar-refractivity contribution in [3.63, 3.8) is 0 Å². The largest absolute Gasteiger partial charge is 0.460 e. The van der Waals surface area contributed by atoms with Crippen LogP contribution in [-0.2, 0) is 22.6 Å². The van der Waals surface area contributed by atoms with Gasteiger partial charge in [0.1, 0.15) is 13.2 Å². The van der Waals surface area contributed by atoms with Gasteiger partial charge in [0.05, 0.1) is 24.2 Å². The van der Waals surface area contributed by atoms with Crippen molar-refractivity contribution in [1.29, 1.82) is 0 Å². The minimum absolute atomic E-state index is 0.0709. The maximum absolute atomic E-state index is 12.1. The van der Waals surface area contributed by atoms with Gasteiger partial charge < -0.3 is 9.47 Å². The molecule has 0 spiro atoms. The first-order valence-electron chi connectivity index (χ1n) is 9.11. The van der Waals surface area contributed by atoms with Gasteiger partial charge in [0.2, 0.25) is 0 Å². The van der Waals surface area contributed by atoms with E-state index in [0.717, 1.165) is 34.1 Å². The highest BCUT2D eigenvalue weighted by atomic mass is 32.1. The van der Waals surface area contributed by atoms with Crippen molar-refractivity contribution < 1.29 is 19.1 Å². The van der Waals surface area contributed by atoms with Crippen LogP contribution in [0.5, 0.6) is 0 Å². The number of esters is 2. The predicted octanol–water partition coefficient (Wildman–Crippen LogP) is 2.46. The number of benzene rings is 1. The number of aromatic nitrogens is 2. The lowest BCUT2D eigenvalue weighted by molar-refractivity contribution is 0.0475. The van der Waals surface area contributed by atoms with Gasteiger partial charge >= 0.3 is 21.7 Å². The van der Waals surface area contributed by atoms with E-state index in [9.17, 15) is 19.2 Å². The van der Waals surface area contributed by atoms with E-state index >= 15 is 0 Å². The van der Waals surface area contributed by atoms with Crippen molar-refractivity contribution in [2.24, 2.45) is 0 Å². The zero-order valence-electron chi connectivity index (χ0n) is 16.5. The molecule has 0 saturated heterocycles. The topological polar surface area (TPSA) is 96.6 Å². The van der Waals surface area contributed by atoms with Gasteiger partial charge in [-0.3, -0.25) is 18.7 Å². The number of hydrogen-bond acceptors (Lipinski definition) is 8. The predicted molar refractivity (Wildman–Crippen MR) is 114 cm³/mol. The summed E-state index contributed by atoms with van der Waals surface area (Å²) in [6.07, 6.45) is 0. The molecule has 0 bridgehead atoms. The third-order valence-electron chi connectivity index (χ3n) is 4.41. The number of ether oxygens (including phenoxy) is 2. The van der Waals surface area contributed by atoms with E-state index in [1.54, 1.807) is 19.9 Å². The molecule has 10 heteroatoms. The van der Waals surface area contributed by atoms with Crippen molar-refractivity contribution in [3.8, 4) is 0 Å². The van der Waals surface area contributed by atoms with Crippen LogP contribution in [-0.4, -0.2) is 34.3 Å². The van der Waals surface area contributed by atoms with Crippen LogP contribution in [0.2, 0.25) is 0 Å². The van der Waals surface area contributed by atoms with E-state index < -0.39 is 11.9 Å². The monoisotopic (exact) mass is 448 g/mol. The average Bonchev–Trinajstić information content (AvgIpc) is 3.23. The number of hydrogen-bond donors (Lipinski definition) is 0. The van der Waals surface area contributed by atoms with E-state index in [1.807, 2.05) is 13.8 Å². The third-order valence-corrected chi connectivity index (χ3v) is 6.17. The van der Waals surface area contributed by atoms with Crippen LogP contribution in [0.3, 0.4) is 0 Å². The molecule has 0 aliphatic carbocycles. The highest BCUT2D eigenvalue weighted by Crippen LogP contribution is 2.09. The number of aryl methyl sites for hydroxylation is 2. The van der Waals surface area contributed by atoms with E-state index in [-0.39, 0.29) is 36.0 Å². The normalized spacial score (nSPS) is 10.7. The van der Waals surface area contributed by atoms with Gasteiger partial charge in [-0.15, -0.1) is 0 Å². The lowest BCUT2D eigenvalue weighted by Gasteiger charge is -2.08. The van der Waals surface area contributed by atoms with Gasteiger partial charge in [0, 0.05) is 22.1 Å². The van der Waals surface area contributed by atoms with Crippen molar-refractivity contribution >= 4 is 34.6 Å². The summed E-state index contributed by atoms with van der Waals surface area (Å²) in [5, 5.41) is 3.50. The SMILES string of the molecule is Cc1csc(=O)n1CCOC(=O)c1ccc(C(=O)OCCn2c(C)csc2=O)cc1. The molecule has 0 radical (unpaired) electrons. The second-order valence-corrected chi connectivity index (χ2v) is 8.08. The fourth-order valence-corrected chi connectivity index (χ4v) is 4.24. The van der Waals surface area contributed by atoms with E-state index in [1.165, 1.54) is 24.3 Å².